The Hall–Kier alpha value is -1.55. The van der Waals surface area contributed by atoms with Gasteiger partial charge in [-0.1, -0.05) is 0 Å². The number of hydrogen-bond acceptors (Lipinski definition) is 2. The Morgan fingerprint density at radius 3 is 2.59 bits per heavy atom. The first kappa shape index (κ1) is 11.9. The fraction of sp³-hybridized carbons (Fsp3) is 0.0769. The van der Waals surface area contributed by atoms with Crippen LogP contribution in [0.25, 0.3) is 0 Å². The van der Waals surface area contributed by atoms with Crippen LogP contribution in [-0.2, 0) is 0 Å². The zero-order chi connectivity index (χ0) is 12.4. The Morgan fingerprint density at radius 1 is 1.18 bits per heavy atom. The molecule has 0 aliphatic carbocycles. The molecule has 0 saturated heterocycles. The Kier molecular flexibility index (Phi) is 3.33. The highest BCUT2D eigenvalue weighted by Gasteiger charge is 2.05. The van der Waals surface area contributed by atoms with E-state index in [1.807, 2.05) is 19.1 Å². The lowest BCUT2D eigenvalue weighted by Gasteiger charge is -2.09. The molecule has 0 aromatic heterocycles. The van der Waals surface area contributed by atoms with Crippen molar-refractivity contribution in [2.45, 2.75) is 6.92 Å². The number of anilines is 1. The van der Waals surface area contributed by atoms with E-state index in [2.05, 4.69) is 15.9 Å². The van der Waals surface area contributed by atoms with Crippen molar-refractivity contribution in [3.63, 3.8) is 0 Å². The van der Waals surface area contributed by atoms with Gasteiger partial charge in [0.15, 0.2) is 0 Å². The molecule has 0 fully saturated rings. The zero-order valence-electron chi connectivity index (χ0n) is 9.21. The fourth-order valence-corrected chi connectivity index (χ4v) is 1.95. The molecule has 0 radical (unpaired) electrons. The van der Waals surface area contributed by atoms with E-state index in [-0.39, 0.29) is 5.82 Å². The van der Waals surface area contributed by atoms with Crippen LogP contribution in [0.2, 0.25) is 0 Å². The molecule has 2 rings (SSSR count). The third-order valence-corrected chi connectivity index (χ3v) is 2.81. The topological polar surface area (TPSA) is 35.2 Å². The van der Waals surface area contributed by atoms with Crippen molar-refractivity contribution >= 4 is 21.6 Å². The summed E-state index contributed by atoms with van der Waals surface area (Å²) in [7, 11) is 0. The third-order valence-electron chi connectivity index (χ3n) is 2.19. The van der Waals surface area contributed by atoms with Crippen molar-refractivity contribution in [2.75, 3.05) is 5.73 Å². The summed E-state index contributed by atoms with van der Waals surface area (Å²) >= 11 is 3.25. The van der Waals surface area contributed by atoms with Crippen LogP contribution in [-0.4, -0.2) is 0 Å². The van der Waals surface area contributed by atoms with Crippen molar-refractivity contribution in [3.8, 4) is 11.5 Å². The molecule has 0 saturated carbocycles. The lowest BCUT2D eigenvalue weighted by atomic mass is 10.2. The molecule has 2 aromatic rings. The maximum absolute atomic E-state index is 12.9. The minimum Gasteiger partial charge on any atom is -0.456 e. The minimum absolute atomic E-state index is 0.312. The molecule has 2 N–H and O–H groups in total. The van der Waals surface area contributed by atoms with Gasteiger partial charge >= 0.3 is 0 Å². The van der Waals surface area contributed by atoms with Gasteiger partial charge in [0.25, 0.3) is 0 Å². The molecule has 2 aromatic carbocycles. The standard InChI is InChI=1S/C13H11BrFNO/c1-8-4-10(16)7-11(5-8)17-13-3-2-9(15)6-12(13)14/h2-7H,16H2,1H3. The smallest absolute Gasteiger partial charge is 0.141 e. The molecule has 0 aliphatic heterocycles. The Morgan fingerprint density at radius 2 is 1.94 bits per heavy atom. The second-order valence-electron chi connectivity index (χ2n) is 3.76. The molecular weight excluding hydrogens is 285 g/mol. The Bertz CT molecular complexity index is 537. The first-order valence-corrected chi connectivity index (χ1v) is 5.84. The highest BCUT2D eigenvalue weighted by molar-refractivity contribution is 9.10. The molecule has 0 heterocycles. The molecule has 88 valence electrons. The van der Waals surface area contributed by atoms with E-state index < -0.39 is 0 Å². The normalized spacial score (nSPS) is 10.3. The van der Waals surface area contributed by atoms with Crippen molar-refractivity contribution in [1.29, 1.82) is 0 Å². The summed E-state index contributed by atoms with van der Waals surface area (Å²) in [4.78, 5) is 0. The molecule has 0 unspecified atom stereocenters. The van der Waals surface area contributed by atoms with Crippen molar-refractivity contribution in [1.82, 2.24) is 0 Å². The summed E-state index contributed by atoms with van der Waals surface area (Å²) in [5.74, 6) is 0.874. The third kappa shape index (κ3) is 2.97. The summed E-state index contributed by atoms with van der Waals surface area (Å²) < 4.78 is 19.1. The average molecular weight is 296 g/mol. The molecule has 0 amide bonds. The summed E-state index contributed by atoms with van der Waals surface area (Å²) in [5.41, 5.74) is 7.37. The number of halogens is 2. The quantitative estimate of drug-likeness (QED) is 0.840. The molecule has 0 aliphatic rings. The van der Waals surface area contributed by atoms with Gasteiger partial charge in [-0.05, 0) is 58.7 Å². The van der Waals surface area contributed by atoms with Gasteiger partial charge in [0.2, 0.25) is 0 Å². The highest BCUT2D eigenvalue weighted by atomic mass is 79.9. The monoisotopic (exact) mass is 295 g/mol. The highest BCUT2D eigenvalue weighted by Crippen LogP contribution is 2.31. The first-order valence-electron chi connectivity index (χ1n) is 5.04. The number of aryl methyl sites for hydroxylation is 1. The fourth-order valence-electron chi connectivity index (χ4n) is 1.52. The van der Waals surface area contributed by atoms with Crippen LogP contribution < -0.4 is 10.5 Å². The average Bonchev–Trinajstić information content (AvgIpc) is 2.21. The number of nitrogens with two attached hydrogens (primary N) is 1. The predicted molar refractivity (Wildman–Crippen MR) is 69.8 cm³/mol. The van der Waals surface area contributed by atoms with Gasteiger partial charge in [-0.3, -0.25) is 0 Å². The van der Waals surface area contributed by atoms with Gasteiger partial charge in [0.05, 0.1) is 4.47 Å². The Balaban J connectivity index is 2.31. The zero-order valence-corrected chi connectivity index (χ0v) is 10.8. The van der Waals surface area contributed by atoms with E-state index >= 15 is 0 Å². The van der Waals surface area contributed by atoms with Gasteiger partial charge in [0.1, 0.15) is 17.3 Å². The van der Waals surface area contributed by atoms with Gasteiger partial charge < -0.3 is 10.5 Å². The van der Waals surface area contributed by atoms with E-state index in [0.717, 1.165) is 5.56 Å². The molecular formula is C13H11BrFNO. The molecule has 0 atom stereocenters. The first-order chi connectivity index (χ1) is 8.04. The molecule has 0 bridgehead atoms. The van der Waals surface area contributed by atoms with E-state index in [1.54, 1.807) is 12.1 Å². The number of hydrogen-bond donors (Lipinski definition) is 1. The van der Waals surface area contributed by atoms with Crippen LogP contribution in [0.4, 0.5) is 10.1 Å². The van der Waals surface area contributed by atoms with Gasteiger partial charge in [-0.2, -0.15) is 0 Å². The SMILES string of the molecule is Cc1cc(N)cc(Oc2ccc(F)cc2Br)c1. The summed E-state index contributed by atoms with van der Waals surface area (Å²) in [6.45, 7) is 1.93. The van der Waals surface area contributed by atoms with Gasteiger partial charge in [0, 0.05) is 11.8 Å². The predicted octanol–water partition coefficient (Wildman–Crippen LogP) is 4.27. The van der Waals surface area contributed by atoms with Crippen LogP contribution in [0.5, 0.6) is 11.5 Å². The summed E-state index contributed by atoms with van der Waals surface area (Å²) in [6.07, 6.45) is 0. The maximum Gasteiger partial charge on any atom is 0.141 e. The van der Waals surface area contributed by atoms with Crippen LogP contribution in [0.15, 0.2) is 40.9 Å². The van der Waals surface area contributed by atoms with E-state index in [4.69, 9.17) is 10.5 Å². The largest absolute Gasteiger partial charge is 0.456 e. The molecule has 4 heteroatoms. The summed E-state index contributed by atoms with van der Waals surface area (Å²) in [6, 6.07) is 9.72. The van der Waals surface area contributed by atoms with Crippen molar-refractivity contribution in [3.05, 3.63) is 52.3 Å². The molecule has 2 nitrogen and oxygen atoms in total. The van der Waals surface area contributed by atoms with E-state index in [1.165, 1.54) is 12.1 Å². The van der Waals surface area contributed by atoms with Crippen LogP contribution in [0.1, 0.15) is 5.56 Å². The number of nitrogen functional groups attached to an aromatic ring is 1. The second kappa shape index (κ2) is 4.75. The van der Waals surface area contributed by atoms with Crippen molar-refractivity contribution in [2.24, 2.45) is 0 Å². The van der Waals surface area contributed by atoms with Gasteiger partial charge in [-0.15, -0.1) is 0 Å². The lowest BCUT2D eigenvalue weighted by Crippen LogP contribution is -1.90. The van der Waals surface area contributed by atoms with Crippen LogP contribution in [0, 0.1) is 12.7 Å². The van der Waals surface area contributed by atoms with Gasteiger partial charge in [-0.25, -0.2) is 4.39 Å². The van der Waals surface area contributed by atoms with Crippen molar-refractivity contribution < 1.29 is 9.13 Å². The minimum atomic E-state index is -0.312. The summed E-state index contributed by atoms with van der Waals surface area (Å²) in [5, 5.41) is 0. The van der Waals surface area contributed by atoms with Crippen LogP contribution in [0.3, 0.4) is 0 Å². The number of ether oxygens (including phenoxy) is 1. The number of rotatable bonds is 2. The Labute approximate surface area is 107 Å². The molecule has 0 spiro atoms. The second-order valence-corrected chi connectivity index (χ2v) is 4.61. The maximum atomic E-state index is 12.9. The molecule has 17 heavy (non-hydrogen) atoms. The lowest BCUT2D eigenvalue weighted by molar-refractivity contribution is 0.477. The van der Waals surface area contributed by atoms with E-state index in [0.29, 0.717) is 21.7 Å². The van der Waals surface area contributed by atoms with Crippen LogP contribution >= 0.6 is 15.9 Å². The number of benzene rings is 2. The van der Waals surface area contributed by atoms with E-state index in [9.17, 15) is 4.39 Å².